The van der Waals surface area contributed by atoms with Crippen LogP contribution in [0.4, 0.5) is 5.69 Å². The lowest BCUT2D eigenvalue weighted by Crippen LogP contribution is -2.44. The van der Waals surface area contributed by atoms with Crippen molar-refractivity contribution in [3.63, 3.8) is 0 Å². The second kappa shape index (κ2) is 10.9. The monoisotopic (exact) mass is 454 g/mol. The Morgan fingerprint density at radius 2 is 1.88 bits per heavy atom. The SMILES string of the molecule is CN1CCN(c2ccc(C(=O)N/N=C/C3CCN(Cc4ccccc4Cl)CC3)nc2)CC1. The van der Waals surface area contributed by atoms with E-state index in [0.29, 0.717) is 11.6 Å². The summed E-state index contributed by atoms with van der Waals surface area (Å²) in [6.45, 7) is 6.88. The number of nitrogens with zero attached hydrogens (tertiary/aromatic N) is 5. The zero-order valence-electron chi connectivity index (χ0n) is 18.6. The quantitative estimate of drug-likeness (QED) is 0.536. The molecule has 170 valence electrons. The normalized spacial score (nSPS) is 18.9. The molecule has 2 saturated heterocycles. The number of nitrogens with one attached hydrogen (secondary N) is 1. The number of piperazine rings is 1. The number of halogens is 1. The summed E-state index contributed by atoms with van der Waals surface area (Å²) < 4.78 is 0. The van der Waals surface area contributed by atoms with Gasteiger partial charge in [0.05, 0.1) is 11.9 Å². The molecule has 4 rings (SSSR count). The molecule has 0 saturated carbocycles. The number of likely N-dealkylation sites (N-methyl/N-ethyl adjacent to an activating group) is 1. The number of pyridine rings is 1. The van der Waals surface area contributed by atoms with Gasteiger partial charge in [0.1, 0.15) is 5.69 Å². The largest absolute Gasteiger partial charge is 0.368 e. The molecular formula is C24H31ClN6O. The van der Waals surface area contributed by atoms with Crippen molar-refractivity contribution < 1.29 is 4.79 Å². The molecule has 3 heterocycles. The Labute approximate surface area is 195 Å². The lowest BCUT2D eigenvalue weighted by Gasteiger charge is -2.33. The highest BCUT2D eigenvalue weighted by atomic mass is 35.5. The molecule has 0 radical (unpaired) electrons. The van der Waals surface area contributed by atoms with Crippen molar-refractivity contribution in [3.8, 4) is 0 Å². The summed E-state index contributed by atoms with van der Waals surface area (Å²) in [5.74, 6) is 0.0905. The minimum absolute atomic E-state index is 0.276. The molecule has 8 heteroatoms. The Morgan fingerprint density at radius 3 is 2.56 bits per heavy atom. The smallest absolute Gasteiger partial charge is 0.289 e. The van der Waals surface area contributed by atoms with Crippen molar-refractivity contribution in [1.29, 1.82) is 0 Å². The third-order valence-electron chi connectivity index (χ3n) is 6.28. The van der Waals surface area contributed by atoms with Gasteiger partial charge in [-0.15, -0.1) is 0 Å². The van der Waals surface area contributed by atoms with Crippen molar-refractivity contribution in [2.75, 3.05) is 51.2 Å². The molecule has 1 amide bonds. The molecule has 1 N–H and O–H groups in total. The predicted molar refractivity (Wildman–Crippen MR) is 129 cm³/mol. The van der Waals surface area contributed by atoms with Crippen molar-refractivity contribution in [2.45, 2.75) is 19.4 Å². The van der Waals surface area contributed by atoms with E-state index >= 15 is 0 Å². The van der Waals surface area contributed by atoms with Crippen molar-refractivity contribution >= 4 is 29.4 Å². The summed E-state index contributed by atoms with van der Waals surface area (Å²) in [6.07, 6.45) is 5.67. The Morgan fingerprint density at radius 1 is 1.12 bits per heavy atom. The molecule has 7 nitrogen and oxygen atoms in total. The predicted octanol–water partition coefficient (Wildman–Crippen LogP) is 3.11. The van der Waals surface area contributed by atoms with Crippen LogP contribution in [0.15, 0.2) is 47.7 Å². The van der Waals surface area contributed by atoms with Gasteiger partial charge in [0.2, 0.25) is 0 Å². The Hall–Kier alpha value is -2.48. The molecule has 2 aliphatic heterocycles. The Balaban J connectivity index is 1.20. The third-order valence-corrected chi connectivity index (χ3v) is 6.65. The number of hydrogen-bond donors (Lipinski definition) is 1. The zero-order valence-corrected chi connectivity index (χ0v) is 19.3. The lowest BCUT2D eigenvalue weighted by atomic mass is 9.98. The molecule has 0 spiro atoms. The highest BCUT2D eigenvalue weighted by molar-refractivity contribution is 6.31. The molecule has 2 aliphatic rings. The van der Waals surface area contributed by atoms with Gasteiger partial charge in [-0.3, -0.25) is 9.69 Å². The third kappa shape index (κ3) is 6.06. The number of carbonyl (C=O) groups excluding carboxylic acids is 1. The van der Waals surface area contributed by atoms with E-state index in [4.69, 9.17) is 11.6 Å². The van der Waals surface area contributed by atoms with Gasteiger partial charge >= 0.3 is 0 Å². The number of likely N-dealkylation sites (tertiary alicyclic amines) is 1. The number of anilines is 1. The topological polar surface area (TPSA) is 64.1 Å². The van der Waals surface area contributed by atoms with Gasteiger partial charge in [-0.25, -0.2) is 10.4 Å². The summed E-state index contributed by atoms with van der Waals surface area (Å²) in [6, 6.07) is 11.7. The number of amides is 1. The van der Waals surface area contributed by atoms with Crippen LogP contribution in [0.3, 0.4) is 0 Å². The van der Waals surface area contributed by atoms with E-state index in [9.17, 15) is 4.79 Å². The van der Waals surface area contributed by atoms with Crippen LogP contribution in [0, 0.1) is 5.92 Å². The molecule has 0 aliphatic carbocycles. The maximum Gasteiger partial charge on any atom is 0.289 e. The molecule has 1 aromatic carbocycles. The van der Waals surface area contributed by atoms with Crippen LogP contribution < -0.4 is 10.3 Å². The van der Waals surface area contributed by atoms with Crippen molar-refractivity contribution in [1.82, 2.24) is 20.2 Å². The Bertz CT molecular complexity index is 918. The average molecular weight is 455 g/mol. The van der Waals surface area contributed by atoms with Crippen LogP contribution in [0.1, 0.15) is 28.9 Å². The number of aromatic nitrogens is 1. The number of carbonyl (C=O) groups is 1. The fourth-order valence-corrected chi connectivity index (χ4v) is 4.35. The van der Waals surface area contributed by atoms with Crippen LogP contribution >= 0.6 is 11.6 Å². The molecule has 1 aromatic heterocycles. The summed E-state index contributed by atoms with van der Waals surface area (Å²) in [5, 5.41) is 5.02. The number of hydrazone groups is 1. The van der Waals surface area contributed by atoms with Crippen molar-refractivity contribution in [3.05, 3.63) is 58.9 Å². The average Bonchev–Trinajstić information content (AvgIpc) is 2.82. The van der Waals surface area contributed by atoms with Gasteiger partial charge in [0, 0.05) is 44.0 Å². The summed E-state index contributed by atoms with van der Waals surface area (Å²) in [4.78, 5) is 23.7. The maximum atomic E-state index is 12.4. The number of benzene rings is 1. The summed E-state index contributed by atoms with van der Waals surface area (Å²) in [5.41, 5.74) is 5.23. The second-order valence-electron chi connectivity index (χ2n) is 8.62. The first-order chi connectivity index (χ1) is 15.6. The summed E-state index contributed by atoms with van der Waals surface area (Å²) in [7, 11) is 2.13. The lowest BCUT2D eigenvalue weighted by molar-refractivity contribution is 0.0950. The van der Waals surface area contributed by atoms with E-state index < -0.39 is 0 Å². The maximum absolute atomic E-state index is 12.4. The molecule has 0 unspecified atom stereocenters. The molecule has 0 atom stereocenters. The van der Waals surface area contributed by atoms with Crippen LogP contribution in [0.2, 0.25) is 5.02 Å². The fraction of sp³-hybridized carbons (Fsp3) is 0.458. The summed E-state index contributed by atoms with van der Waals surface area (Å²) >= 11 is 6.28. The minimum Gasteiger partial charge on any atom is -0.368 e. The zero-order chi connectivity index (χ0) is 22.3. The van der Waals surface area contributed by atoms with E-state index in [2.05, 4.69) is 43.3 Å². The Kier molecular flexibility index (Phi) is 7.73. The highest BCUT2D eigenvalue weighted by Gasteiger charge is 2.19. The van der Waals surface area contributed by atoms with Gasteiger partial charge in [-0.05, 0) is 62.7 Å². The molecule has 0 bridgehead atoms. The first-order valence-corrected chi connectivity index (χ1v) is 11.6. The van der Waals surface area contributed by atoms with Crippen LogP contribution in [-0.2, 0) is 6.54 Å². The van der Waals surface area contributed by atoms with Crippen LogP contribution in [0.25, 0.3) is 0 Å². The van der Waals surface area contributed by atoms with Gasteiger partial charge < -0.3 is 9.80 Å². The highest BCUT2D eigenvalue weighted by Crippen LogP contribution is 2.21. The standard InChI is InChI=1S/C24H31ClN6O/c1-29-12-14-31(15-13-29)21-6-7-23(26-17-21)24(32)28-27-16-19-8-10-30(11-9-19)18-20-4-2-3-5-22(20)25/h2-7,16-17,19H,8-15,18H2,1H3,(H,28,32)/b27-16+. The molecular weight excluding hydrogens is 424 g/mol. The number of piperidine rings is 1. The molecule has 2 aromatic rings. The van der Waals surface area contributed by atoms with E-state index in [1.165, 1.54) is 5.56 Å². The van der Waals surface area contributed by atoms with Crippen LogP contribution in [-0.4, -0.2) is 73.2 Å². The van der Waals surface area contributed by atoms with E-state index in [0.717, 1.165) is 69.4 Å². The fourth-order valence-electron chi connectivity index (χ4n) is 4.16. The number of hydrogen-bond acceptors (Lipinski definition) is 6. The number of rotatable bonds is 6. The molecule has 2 fully saturated rings. The second-order valence-corrected chi connectivity index (χ2v) is 9.02. The van der Waals surface area contributed by atoms with E-state index in [1.54, 1.807) is 12.3 Å². The van der Waals surface area contributed by atoms with Gasteiger partial charge in [-0.2, -0.15) is 5.10 Å². The minimum atomic E-state index is -0.276. The van der Waals surface area contributed by atoms with E-state index in [-0.39, 0.29) is 5.91 Å². The van der Waals surface area contributed by atoms with E-state index in [1.807, 2.05) is 30.5 Å². The van der Waals surface area contributed by atoms with Gasteiger partial charge in [0.25, 0.3) is 5.91 Å². The van der Waals surface area contributed by atoms with Crippen molar-refractivity contribution in [2.24, 2.45) is 11.0 Å². The van der Waals surface area contributed by atoms with Crippen LogP contribution in [0.5, 0.6) is 0 Å². The first-order valence-electron chi connectivity index (χ1n) is 11.3. The van der Waals surface area contributed by atoms with Gasteiger partial charge in [-0.1, -0.05) is 29.8 Å². The molecule has 32 heavy (non-hydrogen) atoms. The first kappa shape index (κ1) is 22.7. The van der Waals surface area contributed by atoms with Gasteiger partial charge in [0.15, 0.2) is 0 Å².